The van der Waals surface area contributed by atoms with Gasteiger partial charge in [-0.2, -0.15) is 13.2 Å². The molecule has 2 rings (SSSR count). The molecule has 0 unspecified atom stereocenters. The van der Waals surface area contributed by atoms with E-state index in [4.69, 9.17) is 16.3 Å². The van der Waals surface area contributed by atoms with Gasteiger partial charge in [0.15, 0.2) is 9.84 Å². The molecule has 1 fully saturated rings. The highest BCUT2D eigenvalue weighted by Gasteiger charge is 2.33. The Hall–Kier alpha value is -0.790. The Kier molecular flexibility index (Phi) is 4.85. The second kappa shape index (κ2) is 6.14. The van der Waals surface area contributed by atoms with Crippen LogP contribution in [0.15, 0.2) is 18.2 Å². The molecule has 8 heteroatoms. The molecule has 3 nitrogen and oxygen atoms in total. The van der Waals surface area contributed by atoms with Crippen LogP contribution >= 0.6 is 11.6 Å². The molecule has 0 aliphatic heterocycles. The topological polar surface area (TPSA) is 43.4 Å². The minimum absolute atomic E-state index is 0.0677. The quantitative estimate of drug-likeness (QED) is 0.795. The third-order valence-electron chi connectivity index (χ3n) is 3.00. The summed E-state index contributed by atoms with van der Waals surface area (Å²) in [7, 11) is -3.51. The summed E-state index contributed by atoms with van der Waals surface area (Å²) in [5.74, 6) is -0.658. The lowest BCUT2D eigenvalue weighted by molar-refractivity contribution is -0.137. The predicted octanol–water partition coefficient (Wildman–Crippen LogP) is 3.45. The van der Waals surface area contributed by atoms with Gasteiger partial charge in [0.25, 0.3) is 0 Å². The molecule has 1 aliphatic carbocycles. The molecule has 1 saturated carbocycles. The third kappa shape index (κ3) is 5.16. The first-order chi connectivity index (χ1) is 9.67. The zero-order valence-corrected chi connectivity index (χ0v) is 12.6. The number of benzene rings is 1. The van der Waals surface area contributed by atoms with Crippen molar-refractivity contribution in [2.45, 2.75) is 30.9 Å². The Morgan fingerprint density at radius 2 is 1.95 bits per heavy atom. The number of ether oxygens (including phenoxy) is 1. The van der Waals surface area contributed by atoms with Crippen LogP contribution in [0.25, 0.3) is 0 Å². The van der Waals surface area contributed by atoms with Gasteiger partial charge in [-0.3, -0.25) is 0 Å². The highest BCUT2D eigenvalue weighted by Crippen LogP contribution is 2.35. The molecular formula is C13H14ClF3O3S. The van der Waals surface area contributed by atoms with Gasteiger partial charge in [-0.25, -0.2) is 8.42 Å². The van der Waals surface area contributed by atoms with Crippen LogP contribution in [0.1, 0.15) is 24.0 Å². The van der Waals surface area contributed by atoms with Crippen LogP contribution in [0.4, 0.5) is 13.2 Å². The molecule has 0 heterocycles. The van der Waals surface area contributed by atoms with Crippen LogP contribution < -0.4 is 0 Å². The zero-order valence-electron chi connectivity index (χ0n) is 11.0. The first kappa shape index (κ1) is 16.6. The van der Waals surface area contributed by atoms with Gasteiger partial charge in [0, 0.05) is 0 Å². The molecule has 0 amide bonds. The van der Waals surface area contributed by atoms with E-state index < -0.39 is 32.4 Å². The standard InChI is InChI=1S/C13H14ClF3O3S/c14-12-4-1-9(7-11(12)13(15,16)17)8-21(18,19)6-5-20-10-2-3-10/h1,4,7,10H,2-3,5-6,8H2. The second-order valence-electron chi connectivity index (χ2n) is 4.97. The lowest BCUT2D eigenvalue weighted by atomic mass is 10.1. The van der Waals surface area contributed by atoms with E-state index in [2.05, 4.69) is 0 Å². The summed E-state index contributed by atoms with van der Waals surface area (Å²) < 4.78 is 67.1. The predicted molar refractivity (Wildman–Crippen MR) is 72.9 cm³/mol. The monoisotopic (exact) mass is 342 g/mol. The lowest BCUT2D eigenvalue weighted by Crippen LogP contribution is -2.15. The fraction of sp³-hybridized carbons (Fsp3) is 0.538. The maximum atomic E-state index is 12.7. The van der Waals surface area contributed by atoms with E-state index in [0.717, 1.165) is 25.0 Å². The molecule has 21 heavy (non-hydrogen) atoms. The van der Waals surface area contributed by atoms with Gasteiger partial charge in [0.1, 0.15) is 0 Å². The first-order valence-corrected chi connectivity index (χ1v) is 8.55. The van der Waals surface area contributed by atoms with Crippen molar-refractivity contribution in [3.63, 3.8) is 0 Å². The molecule has 118 valence electrons. The largest absolute Gasteiger partial charge is 0.417 e. The fourth-order valence-electron chi connectivity index (χ4n) is 1.78. The maximum Gasteiger partial charge on any atom is 0.417 e. The van der Waals surface area contributed by atoms with Gasteiger partial charge < -0.3 is 4.74 Å². The SMILES string of the molecule is O=S(=O)(CCOC1CC1)Cc1ccc(Cl)c(C(F)(F)F)c1. The van der Waals surface area contributed by atoms with E-state index in [0.29, 0.717) is 0 Å². The molecule has 1 aliphatic rings. The molecule has 0 bridgehead atoms. The number of sulfone groups is 1. The Morgan fingerprint density at radius 3 is 2.52 bits per heavy atom. The van der Waals surface area contributed by atoms with Crippen molar-refractivity contribution >= 4 is 21.4 Å². The van der Waals surface area contributed by atoms with Crippen molar-refractivity contribution < 1.29 is 26.3 Å². The third-order valence-corrected chi connectivity index (χ3v) is 4.89. The van der Waals surface area contributed by atoms with Crippen LogP contribution in [-0.2, 0) is 26.5 Å². The van der Waals surface area contributed by atoms with Gasteiger partial charge in [-0.05, 0) is 30.5 Å². The summed E-state index contributed by atoms with van der Waals surface area (Å²) in [4.78, 5) is 0. The summed E-state index contributed by atoms with van der Waals surface area (Å²) in [6.07, 6.45) is -2.59. The van der Waals surface area contributed by atoms with E-state index in [1.165, 1.54) is 6.07 Å². The molecule has 0 N–H and O–H groups in total. The number of alkyl halides is 3. The van der Waals surface area contributed by atoms with E-state index in [9.17, 15) is 21.6 Å². The fourth-order valence-corrected chi connectivity index (χ4v) is 3.19. The van der Waals surface area contributed by atoms with Crippen LogP contribution in [0, 0.1) is 0 Å². The van der Waals surface area contributed by atoms with E-state index >= 15 is 0 Å². The molecule has 0 radical (unpaired) electrons. The lowest BCUT2D eigenvalue weighted by Gasteiger charge is -2.11. The Balaban J connectivity index is 2.04. The van der Waals surface area contributed by atoms with Gasteiger partial charge in [0.05, 0.1) is 34.8 Å². The van der Waals surface area contributed by atoms with Crippen molar-refractivity contribution in [3.05, 3.63) is 34.3 Å². The molecule has 0 aromatic heterocycles. The molecule has 1 aromatic rings. The summed E-state index contributed by atoms with van der Waals surface area (Å²) in [5.41, 5.74) is -0.954. The number of rotatable bonds is 6. The number of hydrogen-bond donors (Lipinski definition) is 0. The highest BCUT2D eigenvalue weighted by atomic mass is 35.5. The van der Waals surface area contributed by atoms with E-state index in [1.54, 1.807) is 0 Å². The Labute approximate surface area is 126 Å². The number of halogens is 4. The smallest absolute Gasteiger partial charge is 0.377 e. The van der Waals surface area contributed by atoms with Gasteiger partial charge in [-0.1, -0.05) is 17.7 Å². The Morgan fingerprint density at radius 1 is 1.29 bits per heavy atom. The second-order valence-corrected chi connectivity index (χ2v) is 7.57. The van der Waals surface area contributed by atoms with Crippen LogP contribution in [0.5, 0.6) is 0 Å². The van der Waals surface area contributed by atoms with E-state index in [-0.39, 0.29) is 24.0 Å². The summed E-state index contributed by atoms with van der Waals surface area (Å²) >= 11 is 5.49. The first-order valence-electron chi connectivity index (χ1n) is 6.35. The Bertz CT molecular complexity index is 610. The van der Waals surface area contributed by atoms with Gasteiger partial charge in [-0.15, -0.1) is 0 Å². The van der Waals surface area contributed by atoms with Crippen LogP contribution in [0.3, 0.4) is 0 Å². The minimum atomic E-state index is -4.61. The van der Waals surface area contributed by atoms with Crippen molar-refractivity contribution in [1.82, 2.24) is 0 Å². The van der Waals surface area contributed by atoms with Crippen molar-refractivity contribution in [2.24, 2.45) is 0 Å². The molecule has 1 aromatic carbocycles. The molecule has 0 atom stereocenters. The van der Waals surface area contributed by atoms with Crippen molar-refractivity contribution in [3.8, 4) is 0 Å². The van der Waals surface area contributed by atoms with Crippen molar-refractivity contribution in [1.29, 1.82) is 0 Å². The average molecular weight is 343 g/mol. The van der Waals surface area contributed by atoms with Crippen molar-refractivity contribution in [2.75, 3.05) is 12.4 Å². The van der Waals surface area contributed by atoms with E-state index in [1.807, 2.05) is 0 Å². The summed E-state index contributed by atoms with van der Waals surface area (Å²) in [5, 5.41) is -0.444. The molecule has 0 spiro atoms. The van der Waals surface area contributed by atoms with Gasteiger partial charge >= 0.3 is 6.18 Å². The zero-order chi connectivity index (χ0) is 15.7. The van der Waals surface area contributed by atoms with Crippen LogP contribution in [0.2, 0.25) is 5.02 Å². The maximum absolute atomic E-state index is 12.7. The normalized spacial score (nSPS) is 16.2. The molecular weight excluding hydrogens is 329 g/mol. The summed E-state index contributed by atoms with van der Waals surface area (Å²) in [6, 6.07) is 3.13. The highest BCUT2D eigenvalue weighted by molar-refractivity contribution is 7.90. The minimum Gasteiger partial charge on any atom is -0.377 e. The number of hydrogen-bond acceptors (Lipinski definition) is 3. The van der Waals surface area contributed by atoms with Crippen LogP contribution in [-0.4, -0.2) is 26.9 Å². The molecule has 0 saturated heterocycles. The summed E-state index contributed by atoms with van der Waals surface area (Å²) in [6.45, 7) is 0.0761. The van der Waals surface area contributed by atoms with Gasteiger partial charge in [0.2, 0.25) is 0 Å². The average Bonchev–Trinajstić information content (AvgIpc) is 3.13.